The number of ether oxygens (including phenoxy) is 1. The summed E-state index contributed by atoms with van der Waals surface area (Å²) in [7, 11) is 2.01. The van der Waals surface area contributed by atoms with Crippen molar-refractivity contribution in [1.29, 1.82) is 0 Å². The fourth-order valence-electron chi connectivity index (χ4n) is 3.04. The number of hydrogen-bond acceptors (Lipinski definition) is 5. The third-order valence-electron chi connectivity index (χ3n) is 4.29. The van der Waals surface area contributed by atoms with Gasteiger partial charge >= 0.3 is 0 Å². The van der Waals surface area contributed by atoms with E-state index < -0.39 is 0 Å². The van der Waals surface area contributed by atoms with E-state index in [1.165, 1.54) is 0 Å². The average Bonchev–Trinajstić information content (AvgIpc) is 2.88. The molecule has 0 aliphatic carbocycles. The van der Waals surface area contributed by atoms with E-state index in [0.717, 1.165) is 30.4 Å². The lowest BCUT2D eigenvalue weighted by atomic mass is 9.90. The molecule has 0 N–H and O–H groups in total. The summed E-state index contributed by atoms with van der Waals surface area (Å²) in [5.41, 5.74) is 0.715. The summed E-state index contributed by atoms with van der Waals surface area (Å²) < 4.78 is 8.11. The first kappa shape index (κ1) is 15.9. The number of aromatic nitrogens is 4. The van der Waals surface area contributed by atoms with Gasteiger partial charge in [-0.05, 0) is 6.92 Å². The predicted octanol–water partition coefficient (Wildman–Crippen LogP) is 2.26. The topological polar surface area (TPSA) is 56.1 Å². The van der Waals surface area contributed by atoms with Crippen molar-refractivity contribution in [3.05, 3.63) is 36.3 Å². The van der Waals surface area contributed by atoms with Crippen LogP contribution in [0.5, 0.6) is 0 Å². The Hall–Kier alpha value is -1.95. The van der Waals surface area contributed by atoms with Gasteiger partial charge in [-0.25, -0.2) is 15.0 Å². The van der Waals surface area contributed by atoms with Gasteiger partial charge in [0.1, 0.15) is 18.0 Å². The van der Waals surface area contributed by atoms with Crippen LogP contribution in [0.3, 0.4) is 0 Å². The standard InChI is InChI=1S/C17H25N5O/c1-6-23-17(15-18-7-8-21(15)5)10-22(11-17)14-9-13(16(2,3)4)19-12-20-14/h7-9,12H,6,10-11H2,1-5H3. The molecule has 1 saturated heterocycles. The van der Waals surface area contributed by atoms with Crippen LogP contribution in [-0.4, -0.2) is 39.2 Å². The van der Waals surface area contributed by atoms with Gasteiger partial charge in [0.2, 0.25) is 0 Å². The van der Waals surface area contributed by atoms with E-state index in [9.17, 15) is 0 Å². The molecule has 0 bridgehead atoms. The van der Waals surface area contributed by atoms with Gasteiger partial charge in [0, 0.05) is 37.5 Å². The predicted molar refractivity (Wildman–Crippen MR) is 89.5 cm³/mol. The Balaban J connectivity index is 1.83. The van der Waals surface area contributed by atoms with Crippen molar-refractivity contribution in [2.45, 2.75) is 38.7 Å². The summed E-state index contributed by atoms with van der Waals surface area (Å²) in [5, 5.41) is 0. The van der Waals surface area contributed by atoms with Crippen LogP contribution in [0.25, 0.3) is 0 Å². The second kappa shape index (κ2) is 5.60. The highest BCUT2D eigenvalue weighted by atomic mass is 16.5. The molecule has 6 nitrogen and oxygen atoms in total. The molecule has 1 fully saturated rings. The molecule has 2 aromatic heterocycles. The number of imidazole rings is 1. The first-order chi connectivity index (χ1) is 10.9. The number of hydrogen-bond donors (Lipinski definition) is 0. The Bertz CT molecular complexity index is 682. The van der Waals surface area contributed by atoms with Gasteiger partial charge in [-0.1, -0.05) is 20.8 Å². The molecule has 2 aromatic rings. The Morgan fingerprint density at radius 1 is 1.22 bits per heavy atom. The summed E-state index contributed by atoms with van der Waals surface area (Å²) in [6, 6.07) is 2.08. The van der Waals surface area contributed by atoms with Crippen molar-refractivity contribution in [1.82, 2.24) is 19.5 Å². The highest BCUT2D eigenvalue weighted by Gasteiger charge is 2.49. The SMILES string of the molecule is CCOC1(c2nccn2C)CN(c2cc(C(C)(C)C)ncn2)C1. The zero-order chi connectivity index (χ0) is 16.7. The van der Waals surface area contributed by atoms with Gasteiger partial charge < -0.3 is 14.2 Å². The van der Waals surface area contributed by atoms with E-state index in [1.807, 2.05) is 30.9 Å². The number of rotatable bonds is 4. The summed E-state index contributed by atoms with van der Waals surface area (Å²) >= 11 is 0. The molecule has 1 aliphatic rings. The van der Waals surface area contributed by atoms with Crippen molar-refractivity contribution >= 4 is 5.82 Å². The van der Waals surface area contributed by atoms with Crippen molar-refractivity contribution in [3.8, 4) is 0 Å². The van der Waals surface area contributed by atoms with Gasteiger partial charge in [-0.15, -0.1) is 0 Å². The number of anilines is 1. The molecular weight excluding hydrogens is 290 g/mol. The fraction of sp³-hybridized carbons (Fsp3) is 0.588. The molecule has 0 radical (unpaired) electrons. The molecule has 3 heterocycles. The van der Waals surface area contributed by atoms with Gasteiger partial charge in [-0.3, -0.25) is 0 Å². The molecular formula is C17H25N5O. The van der Waals surface area contributed by atoms with Crippen LogP contribution in [0.2, 0.25) is 0 Å². The normalized spacial score (nSPS) is 17.2. The molecule has 0 spiro atoms. The highest BCUT2D eigenvalue weighted by Crippen LogP contribution is 2.37. The van der Waals surface area contributed by atoms with Gasteiger partial charge in [0.15, 0.2) is 5.60 Å². The second-order valence-corrected chi connectivity index (χ2v) is 7.16. The van der Waals surface area contributed by atoms with E-state index >= 15 is 0 Å². The minimum Gasteiger partial charge on any atom is -0.364 e. The maximum Gasteiger partial charge on any atom is 0.160 e. The largest absolute Gasteiger partial charge is 0.364 e. The quantitative estimate of drug-likeness (QED) is 0.866. The van der Waals surface area contributed by atoms with Crippen molar-refractivity contribution in [2.75, 3.05) is 24.6 Å². The second-order valence-electron chi connectivity index (χ2n) is 7.16. The van der Waals surface area contributed by atoms with Crippen LogP contribution in [0, 0.1) is 0 Å². The smallest absolute Gasteiger partial charge is 0.160 e. The zero-order valence-electron chi connectivity index (χ0n) is 14.6. The van der Waals surface area contributed by atoms with Gasteiger partial charge in [-0.2, -0.15) is 0 Å². The van der Waals surface area contributed by atoms with E-state index in [1.54, 1.807) is 6.33 Å². The minimum atomic E-state index is -0.347. The lowest BCUT2D eigenvalue weighted by Crippen LogP contribution is -2.62. The molecule has 0 aromatic carbocycles. The molecule has 3 rings (SSSR count). The number of nitrogens with zero attached hydrogens (tertiary/aromatic N) is 5. The van der Waals surface area contributed by atoms with E-state index in [2.05, 4.69) is 46.7 Å². The summed E-state index contributed by atoms with van der Waals surface area (Å²) in [6.07, 6.45) is 5.43. The van der Waals surface area contributed by atoms with Crippen molar-refractivity contribution in [3.63, 3.8) is 0 Å². The first-order valence-corrected chi connectivity index (χ1v) is 8.05. The summed E-state index contributed by atoms with van der Waals surface area (Å²) in [4.78, 5) is 15.6. The minimum absolute atomic E-state index is 0.0131. The fourth-order valence-corrected chi connectivity index (χ4v) is 3.04. The zero-order valence-corrected chi connectivity index (χ0v) is 14.6. The van der Waals surface area contributed by atoms with E-state index in [4.69, 9.17) is 4.74 Å². The molecule has 0 amide bonds. The van der Waals surface area contributed by atoms with Crippen LogP contribution < -0.4 is 4.90 Å². The third-order valence-corrected chi connectivity index (χ3v) is 4.29. The van der Waals surface area contributed by atoms with Crippen molar-refractivity contribution < 1.29 is 4.74 Å². The Kier molecular flexibility index (Phi) is 3.88. The average molecular weight is 315 g/mol. The van der Waals surface area contributed by atoms with Crippen LogP contribution in [0.15, 0.2) is 24.8 Å². The molecule has 1 aliphatic heterocycles. The molecule has 0 atom stereocenters. The maximum atomic E-state index is 6.07. The third kappa shape index (κ3) is 2.83. The van der Waals surface area contributed by atoms with Crippen molar-refractivity contribution in [2.24, 2.45) is 7.05 Å². The lowest BCUT2D eigenvalue weighted by molar-refractivity contribution is -0.0733. The van der Waals surface area contributed by atoms with Crippen LogP contribution in [0.4, 0.5) is 5.82 Å². The molecule has 0 unspecified atom stereocenters. The summed E-state index contributed by atoms with van der Waals surface area (Å²) in [6.45, 7) is 10.7. The molecule has 6 heteroatoms. The summed E-state index contributed by atoms with van der Waals surface area (Å²) in [5.74, 6) is 1.93. The van der Waals surface area contributed by atoms with Gasteiger partial charge in [0.05, 0.1) is 18.8 Å². The Morgan fingerprint density at radius 2 is 1.96 bits per heavy atom. The van der Waals surface area contributed by atoms with E-state index in [0.29, 0.717) is 6.61 Å². The van der Waals surface area contributed by atoms with Crippen LogP contribution in [0.1, 0.15) is 39.2 Å². The maximum absolute atomic E-state index is 6.07. The van der Waals surface area contributed by atoms with Gasteiger partial charge in [0.25, 0.3) is 0 Å². The Morgan fingerprint density at radius 3 is 2.52 bits per heavy atom. The lowest BCUT2D eigenvalue weighted by Gasteiger charge is -2.49. The molecule has 23 heavy (non-hydrogen) atoms. The molecule has 124 valence electrons. The van der Waals surface area contributed by atoms with Crippen LogP contribution in [-0.2, 0) is 22.8 Å². The highest BCUT2D eigenvalue weighted by molar-refractivity contribution is 5.46. The van der Waals surface area contributed by atoms with Crippen LogP contribution >= 0.6 is 0 Å². The molecule has 0 saturated carbocycles. The monoisotopic (exact) mass is 315 g/mol. The first-order valence-electron chi connectivity index (χ1n) is 8.05. The Labute approximate surface area is 137 Å². The van der Waals surface area contributed by atoms with E-state index in [-0.39, 0.29) is 11.0 Å². The number of aryl methyl sites for hydroxylation is 1.